The fourth-order valence-corrected chi connectivity index (χ4v) is 5.78. The van der Waals surface area contributed by atoms with Crippen LogP contribution in [0.5, 0.6) is 0 Å². The molecule has 0 saturated heterocycles. The van der Waals surface area contributed by atoms with Crippen molar-refractivity contribution in [1.29, 1.82) is 0 Å². The monoisotopic (exact) mass is 496 g/mol. The van der Waals surface area contributed by atoms with Crippen molar-refractivity contribution in [2.45, 2.75) is 125 Å². The van der Waals surface area contributed by atoms with E-state index in [0.717, 1.165) is 44.1 Å². The Morgan fingerprint density at radius 3 is 2.14 bits per heavy atom. The molecule has 5 heteroatoms. The molecule has 1 amide bonds. The third-order valence-electron chi connectivity index (χ3n) is 7.96. The van der Waals surface area contributed by atoms with E-state index in [1.54, 1.807) is 0 Å². The Bertz CT molecular complexity index is 955. The summed E-state index contributed by atoms with van der Waals surface area (Å²) in [6.07, 6.45) is 6.34. The maximum atomic E-state index is 13.8. The van der Waals surface area contributed by atoms with Crippen molar-refractivity contribution in [3.8, 4) is 0 Å². The van der Waals surface area contributed by atoms with Gasteiger partial charge in [-0.05, 0) is 93.2 Å². The quantitative estimate of drug-likeness (QED) is 0.363. The second kappa shape index (κ2) is 10.7. The molecule has 2 aliphatic rings. The van der Waals surface area contributed by atoms with E-state index in [-0.39, 0.29) is 34.9 Å². The number of hydrogen-bond acceptors (Lipinski definition) is 4. The number of rotatable bonds is 7. The predicted octanol–water partition coefficient (Wildman–Crippen LogP) is 7.75. The van der Waals surface area contributed by atoms with E-state index in [4.69, 9.17) is 9.73 Å². The lowest BCUT2D eigenvalue weighted by atomic mass is 9.69. The van der Waals surface area contributed by atoms with E-state index >= 15 is 0 Å². The fraction of sp³-hybridized carbons (Fsp3) is 0.710. The molecule has 1 atom stereocenters. The summed E-state index contributed by atoms with van der Waals surface area (Å²) in [4.78, 5) is 33.6. The van der Waals surface area contributed by atoms with Gasteiger partial charge in [0.05, 0.1) is 17.7 Å². The van der Waals surface area contributed by atoms with Crippen molar-refractivity contribution in [3.05, 3.63) is 35.4 Å². The number of nitrogens with zero attached hydrogens (tertiary/aromatic N) is 2. The van der Waals surface area contributed by atoms with Crippen molar-refractivity contribution < 1.29 is 14.3 Å². The highest BCUT2D eigenvalue weighted by molar-refractivity contribution is 6.40. The zero-order valence-electron chi connectivity index (χ0n) is 24.1. The maximum Gasteiger partial charge on any atom is 0.338 e. The van der Waals surface area contributed by atoms with Crippen LogP contribution in [0.4, 0.5) is 0 Å². The first-order valence-electron chi connectivity index (χ1n) is 13.9. The van der Waals surface area contributed by atoms with Gasteiger partial charge in [0.25, 0.3) is 5.91 Å². The highest BCUT2D eigenvalue weighted by atomic mass is 16.5. The Morgan fingerprint density at radius 2 is 1.67 bits per heavy atom. The van der Waals surface area contributed by atoms with Crippen LogP contribution < -0.4 is 0 Å². The van der Waals surface area contributed by atoms with Crippen LogP contribution in [0.25, 0.3) is 0 Å². The van der Waals surface area contributed by atoms with E-state index < -0.39 is 5.66 Å². The summed E-state index contributed by atoms with van der Waals surface area (Å²) >= 11 is 0. The third kappa shape index (κ3) is 6.39. The van der Waals surface area contributed by atoms with Gasteiger partial charge in [-0.15, -0.1) is 0 Å². The molecule has 1 aliphatic heterocycles. The molecular weight excluding hydrogens is 448 g/mol. The van der Waals surface area contributed by atoms with Gasteiger partial charge in [0, 0.05) is 0 Å². The van der Waals surface area contributed by atoms with E-state index in [0.29, 0.717) is 23.6 Å². The van der Waals surface area contributed by atoms with Gasteiger partial charge >= 0.3 is 5.97 Å². The first kappa shape index (κ1) is 28.4. The molecule has 200 valence electrons. The van der Waals surface area contributed by atoms with Crippen molar-refractivity contribution in [2.75, 3.05) is 0 Å². The second-order valence-corrected chi connectivity index (χ2v) is 13.4. The smallest absolute Gasteiger partial charge is 0.338 e. The topological polar surface area (TPSA) is 59.0 Å². The molecule has 0 radical (unpaired) electrons. The second-order valence-electron chi connectivity index (χ2n) is 13.4. The average Bonchev–Trinajstić information content (AvgIpc) is 3.04. The van der Waals surface area contributed by atoms with Crippen LogP contribution >= 0.6 is 0 Å². The normalized spacial score (nSPS) is 23.8. The molecule has 1 aromatic carbocycles. The molecule has 1 spiro atoms. The fourth-order valence-electron chi connectivity index (χ4n) is 5.78. The van der Waals surface area contributed by atoms with E-state index in [1.807, 2.05) is 45.0 Å². The Morgan fingerprint density at radius 1 is 1.08 bits per heavy atom. The van der Waals surface area contributed by atoms with Gasteiger partial charge in [0.2, 0.25) is 0 Å². The molecular formula is C31H48N2O3. The van der Waals surface area contributed by atoms with Gasteiger partial charge < -0.3 is 9.64 Å². The van der Waals surface area contributed by atoms with E-state index in [2.05, 4.69) is 46.4 Å². The van der Waals surface area contributed by atoms with Crippen molar-refractivity contribution >= 4 is 17.6 Å². The minimum atomic E-state index is -0.456. The molecule has 1 saturated carbocycles. The summed E-state index contributed by atoms with van der Waals surface area (Å²) in [5.74, 6) is 0.419. The predicted molar refractivity (Wildman–Crippen MR) is 147 cm³/mol. The molecule has 0 bridgehead atoms. The van der Waals surface area contributed by atoms with Crippen LogP contribution in [0, 0.1) is 16.7 Å². The van der Waals surface area contributed by atoms with Crippen LogP contribution in [0.15, 0.2) is 29.3 Å². The van der Waals surface area contributed by atoms with Gasteiger partial charge in [0.1, 0.15) is 11.4 Å². The highest BCUT2D eigenvalue weighted by Gasteiger charge is 2.52. The van der Waals surface area contributed by atoms with Crippen molar-refractivity contribution in [1.82, 2.24) is 4.90 Å². The standard InChI is InChI=1S/C31H48N2O3/c1-10-25-27(34)33(31(32-25)19-15-24(16-20-31)30(7,8)9)26(17-18-29(4,5)6)22-11-13-23(14-12-22)28(35)36-21(2)3/h11-14,21,24,26H,10,15-20H2,1-9H3. The van der Waals surface area contributed by atoms with Crippen molar-refractivity contribution in [3.63, 3.8) is 0 Å². The Kier molecular flexibility index (Phi) is 8.42. The van der Waals surface area contributed by atoms with Crippen LogP contribution in [-0.2, 0) is 9.53 Å². The van der Waals surface area contributed by atoms with E-state index in [1.165, 1.54) is 0 Å². The molecule has 36 heavy (non-hydrogen) atoms. The van der Waals surface area contributed by atoms with Crippen LogP contribution in [0.1, 0.15) is 129 Å². The number of carbonyl (C=O) groups is 2. The summed E-state index contributed by atoms with van der Waals surface area (Å²) in [6.45, 7) is 19.5. The Hall–Kier alpha value is -2.17. The molecule has 0 N–H and O–H groups in total. The first-order chi connectivity index (χ1) is 16.7. The van der Waals surface area contributed by atoms with E-state index in [9.17, 15) is 9.59 Å². The SMILES string of the molecule is CCC1=NC2(CCC(C(C)(C)C)CC2)N(C(CCC(C)(C)C)c2ccc(C(=O)OC(C)C)cc2)C1=O. The number of carbonyl (C=O) groups excluding carboxylic acids is 2. The summed E-state index contributed by atoms with van der Waals surface area (Å²) < 4.78 is 5.38. The summed E-state index contributed by atoms with van der Waals surface area (Å²) in [5.41, 5.74) is 2.27. The number of esters is 1. The molecule has 0 aromatic heterocycles. The number of aliphatic imine (C=N–C) groups is 1. The zero-order chi connectivity index (χ0) is 26.9. The lowest BCUT2D eigenvalue weighted by Gasteiger charge is -2.48. The van der Waals surface area contributed by atoms with Gasteiger partial charge in [-0.25, -0.2) is 4.79 Å². The molecule has 5 nitrogen and oxygen atoms in total. The van der Waals surface area contributed by atoms with Gasteiger partial charge in [0.15, 0.2) is 0 Å². The van der Waals surface area contributed by atoms with Gasteiger partial charge in [-0.3, -0.25) is 9.79 Å². The minimum absolute atomic E-state index is 0.0779. The van der Waals surface area contributed by atoms with Crippen LogP contribution in [-0.4, -0.2) is 34.3 Å². The lowest BCUT2D eigenvalue weighted by molar-refractivity contribution is -0.134. The molecule has 1 unspecified atom stereocenters. The van der Waals surface area contributed by atoms with Gasteiger partial charge in [-0.1, -0.05) is 60.6 Å². The summed E-state index contributed by atoms with van der Waals surface area (Å²) in [7, 11) is 0. The Balaban J connectivity index is 1.98. The largest absolute Gasteiger partial charge is 0.459 e. The van der Waals surface area contributed by atoms with Crippen LogP contribution in [0.3, 0.4) is 0 Å². The first-order valence-corrected chi connectivity index (χ1v) is 13.9. The minimum Gasteiger partial charge on any atom is -0.459 e. The van der Waals surface area contributed by atoms with Crippen molar-refractivity contribution in [2.24, 2.45) is 21.7 Å². The zero-order valence-corrected chi connectivity index (χ0v) is 24.1. The average molecular weight is 497 g/mol. The molecule has 1 aliphatic carbocycles. The number of amides is 1. The lowest BCUT2D eigenvalue weighted by Crippen LogP contribution is -2.51. The third-order valence-corrected chi connectivity index (χ3v) is 7.96. The molecule has 1 fully saturated rings. The summed E-state index contributed by atoms with van der Waals surface area (Å²) in [6, 6.07) is 7.63. The number of benzene rings is 1. The Labute approximate surface area is 219 Å². The maximum absolute atomic E-state index is 13.8. The molecule has 1 heterocycles. The number of ether oxygens (including phenoxy) is 1. The number of hydrogen-bond donors (Lipinski definition) is 0. The van der Waals surface area contributed by atoms with Crippen LogP contribution in [0.2, 0.25) is 0 Å². The molecule has 3 rings (SSSR count). The molecule has 1 aromatic rings. The summed E-state index contributed by atoms with van der Waals surface area (Å²) in [5, 5.41) is 0. The van der Waals surface area contributed by atoms with Gasteiger partial charge in [-0.2, -0.15) is 0 Å². The highest BCUT2D eigenvalue weighted by Crippen LogP contribution is 2.50.